The summed E-state index contributed by atoms with van der Waals surface area (Å²) in [4.78, 5) is 0. The van der Waals surface area contributed by atoms with Crippen molar-refractivity contribution in [2.45, 2.75) is 83.1 Å². The van der Waals surface area contributed by atoms with Crippen molar-refractivity contribution in [3.63, 3.8) is 0 Å². The van der Waals surface area contributed by atoms with E-state index in [1.807, 2.05) is 13.0 Å². The molecule has 0 aromatic rings. The van der Waals surface area contributed by atoms with Crippen LogP contribution in [-0.2, 0) is 0 Å². The third kappa shape index (κ3) is 2.57. The molecule has 3 fully saturated rings. The van der Waals surface area contributed by atoms with Crippen molar-refractivity contribution in [1.29, 1.82) is 0 Å². The Morgan fingerprint density at radius 1 is 1.00 bits per heavy atom. The molecule has 28 heavy (non-hydrogen) atoms. The fourth-order valence-corrected chi connectivity index (χ4v) is 7.43. The molecule has 8 atom stereocenters. The SMILES string of the molecule is C[C@]12CC[C@H]3[C@@H](CC=C4C[C@@H](O)CC(C(F)(F)C(F)(F)F)[C@@]43C)[C@@H]1CC[C@@H]2O. The standard InChI is InChI=1S/C21H29F5O2/c1-18-8-7-15-13(14(18)5-6-17(18)28)4-3-11-9-12(27)10-16(19(11,15)2)20(22,23)21(24,25)26/h3,12-17,27-28H,4-10H2,1-2H3/t12-,13+,14+,15+,16?,17+,18+,19+/m1/s1. The molecular formula is C21H29F5O2. The largest absolute Gasteiger partial charge is 0.453 e. The molecule has 0 saturated heterocycles. The number of alkyl halides is 5. The fourth-order valence-electron chi connectivity index (χ4n) is 7.43. The Balaban J connectivity index is 1.78. The minimum atomic E-state index is -5.64. The third-order valence-corrected chi connectivity index (χ3v) is 8.99. The van der Waals surface area contributed by atoms with Crippen molar-refractivity contribution < 1.29 is 32.2 Å². The number of hydrogen-bond donors (Lipinski definition) is 2. The highest BCUT2D eigenvalue weighted by atomic mass is 19.4. The van der Waals surface area contributed by atoms with Crippen molar-refractivity contribution in [1.82, 2.24) is 0 Å². The number of fused-ring (bicyclic) bond motifs is 5. The number of aliphatic hydroxyl groups excluding tert-OH is 2. The van der Waals surface area contributed by atoms with E-state index in [0.717, 1.165) is 6.42 Å². The summed E-state index contributed by atoms with van der Waals surface area (Å²) < 4.78 is 69.4. The van der Waals surface area contributed by atoms with E-state index in [4.69, 9.17) is 0 Å². The Bertz CT molecular complexity index is 674. The first-order chi connectivity index (χ1) is 12.8. The van der Waals surface area contributed by atoms with E-state index >= 15 is 0 Å². The van der Waals surface area contributed by atoms with Crippen LogP contribution in [0.3, 0.4) is 0 Å². The normalized spacial score (nSPS) is 49.1. The summed E-state index contributed by atoms with van der Waals surface area (Å²) >= 11 is 0. The lowest BCUT2D eigenvalue weighted by Crippen LogP contribution is -2.60. The van der Waals surface area contributed by atoms with Gasteiger partial charge in [0.25, 0.3) is 0 Å². The van der Waals surface area contributed by atoms with Gasteiger partial charge in [-0.15, -0.1) is 0 Å². The Morgan fingerprint density at radius 3 is 2.32 bits per heavy atom. The van der Waals surface area contributed by atoms with Crippen LogP contribution in [-0.4, -0.2) is 34.5 Å². The van der Waals surface area contributed by atoms with E-state index in [1.54, 1.807) is 6.92 Å². The monoisotopic (exact) mass is 408 g/mol. The molecule has 4 rings (SSSR count). The summed E-state index contributed by atoms with van der Waals surface area (Å²) in [5.74, 6) is -6.94. The van der Waals surface area contributed by atoms with Gasteiger partial charge in [0.05, 0.1) is 12.2 Å². The van der Waals surface area contributed by atoms with Crippen molar-refractivity contribution in [2.24, 2.45) is 34.5 Å². The molecule has 0 radical (unpaired) electrons. The van der Waals surface area contributed by atoms with Crippen LogP contribution in [0.25, 0.3) is 0 Å². The predicted molar refractivity (Wildman–Crippen MR) is 93.6 cm³/mol. The zero-order chi connectivity index (χ0) is 20.7. The topological polar surface area (TPSA) is 40.5 Å². The molecule has 1 unspecified atom stereocenters. The van der Waals surface area contributed by atoms with Gasteiger partial charge in [-0.3, -0.25) is 0 Å². The summed E-state index contributed by atoms with van der Waals surface area (Å²) in [7, 11) is 0. The second-order valence-electron chi connectivity index (χ2n) is 10.0. The maximum absolute atomic E-state index is 14.7. The second kappa shape index (κ2) is 6.16. The molecule has 0 aromatic heterocycles. The number of hydrogen-bond acceptors (Lipinski definition) is 2. The zero-order valence-electron chi connectivity index (χ0n) is 16.3. The van der Waals surface area contributed by atoms with E-state index in [2.05, 4.69) is 0 Å². The highest BCUT2D eigenvalue weighted by Crippen LogP contribution is 2.68. The molecule has 2 nitrogen and oxygen atoms in total. The Morgan fingerprint density at radius 2 is 1.68 bits per heavy atom. The highest BCUT2D eigenvalue weighted by molar-refractivity contribution is 5.28. The molecule has 0 heterocycles. The first kappa shape index (κ1) is 20.6. The van der Waals surface area contributed by atoms with Gasteiger partial charge in [-0.1, -0.05) is 25.5 Å². The Labute approximate surface area is 162 Å². The lowest BCUT2D eigenvalue weighted by molar-refractivity contribution is -0.323. The van der Waals surface area contributed by atoms with Gasteiger partial charge in [-0.2, -0.15) is 22.0 Å². The number of allylic oxidation sites excluding steroid dienone is 1. The molecule has 160 valence electrons. The van der Waals surface area contributed by atoms with Crippen LogP contribution in [0, 0.1) is 34.5 Å². The summed E-state index contributed by atoms with van der Waals surface area (Å²) in [6, 6.07) is 0. The molecule has 0 aliphatic heterocycles. The van der Waals surface area contributed by atoms with Crippen LogP contribution < -0.4 is 0 Å². The maximum Gasteiger partial charge on any atom is 0.453 e. The average molecular weight is 408 g/mol. The van der Waals surface area contributed by atoms with Crippen molar-refractivity contribution in [3.8, 4) is 0 Å². The predicted octanol–water partition coefficient (Wildman–Crippen LogP) is 5.09. The zero-order valence-corrected chi connectivity index (χ0v) is 16.3. The number of halogens is 5. The minimum absolute atomic E-state index is 0.00595. The average Bonchev–Trinajstić information content (AvgIpc) is 2.89. The van der Waals surface area contributed by atoms with E-state index in [0.29, 0.717) is 31.3 Å². The fraction of sp³-hybridized carbons (Fsp3) is 0.905. The number of aliphatic hydroxyl groups is 2. The van der Waals surface area contributed by atoms with Crippen LogP contribution in [0.15, 0.2) is 11.6 Å². The third-order valence-electron chi connectivity index (χ3n) is 8.99. The number of rotatable bonds is 1. The maximum atomic E-state index is 14.7. The van der Waals surface area contributed by atoms with E-state index in [-0.39, 0.29) is 29.6 Å². The van der Waals surface area contributed by atoms with Gasteiger partial charge in [-0.25, -0.2) is 0 Å². The molecule has 0 bridgehead atoms. The second-order valence-corrected chi connectivity index (χ2v) is 10.0. The van der Waals surface area contributed by atoms with Crippen LogP contribution in [0.4, 0.5) is 22.0 Å². The summed E-state index contributed by atoms with van der Waals surface area (Å²) in [5.41, 5.74) is -0.988. The molecule has 0 amide bonds. The molecule has 4 aliphatic rings. The minimum Gasteiger partial charge on any atom is -0.393 e. The smallest absolute Gasteiger partial charge is 0.393 e. The van der Waals surface area contributed by atoms with Gasteiger partial charge in [0, 0.05) is 11.3 Å². The lowest BCUT2D eigenvalue weighted by Gasteiger charge is -2.60. The van der Waals surface area contributed by atoms with Gasteiger partial charge in [-0.05, 0) is 68.1 Å². The van der Waals surface area contributed by atoms with Crippen LogP contribution in [0.1, 0.15) is 58.8 Å². The summed E-state index contributed by atoms with van der Waals surface area (Å²) in [6.07, 6.45) is -2.48. The molecule has 2 N–H and O–H groups in total. The lowest BCUT2D eigenvalue weighted by atomic mass is 9.45. The van der Waals surface area contributed by atoms with Gasteiger partial charge < -0.3 is 10.2 Å². The van der Waals surface area contributed by atoms with Gasteiger partial charge >= 0.3 is 12.1 Å². The molecule has 4 aliphatic carbocycles. The summed E-state index contributed by atoms with van der Waals surface area (Å²) in [5, 5.41) is 20.6. The van der Waals surface area contributed by atoms with Gasteiger partial charge in [0.15, 0.2) is 0 Å². The van der Waals surface area contributed by atoms with Crippen LogP contribution in [0.5, 0.6) is 0 Å². The van der Waals surface area contributed by atoms with Crippen LogP contribution in [0.2, 0.25) is 0 Å². The van der Waals surface area contributed by atoms with Gasteiger partial charge in [0.1, 0.15) is 0 Å². The van der Waals surface area contributed by atoms with E-state index < -0.39 is 42.1 Å². The summed E-state index contributed by atoms with van der Waals surface area (Å²) in [6.45, 7) is 3.62. The molecule has 0 aromatic carbocycles. The highest BCUT2D eigenvalue weighted by Gasteiger charge is 2.71. The van der Waals surface area contributed by atoms with Gasteiger partial charge in [0.2, 0.25) is 0 Å². The van der Waals surface area contributed by atoms with Crippen molar-refractivity contribution >= 4 is 0 Å². The Kier molecular flexibility index (Phi) is 4.53. The molecule has 3 saturated carbocycles. The van der Waals surface area contributed by atoms with Crippen molar-refractivity contribution in [3.05, 3.63) is 11.6 Å². The first-order valence-corrected chi connectivity index (χ1v) is 10.3. The van der Waals surface area contributed by atoms with E-state index in [9.17, 15) is 32.2 Å². The van der Waals surface area contributed by atoms with E-state index in [1.165, 1.54) is 0 Å². The molecule has 0 spiro atoms. The van der Waals surface area contributed by atoms with Crippen LogP contribution >= 0.6 is 0 Å². The molecule has 7 heteroatoms. The Hall–Kier alpha value is -0.690. The first-order valence-electron chi connectivity index (χ1n) is 10.3. The molecular weight excluding hydrogens is 379 g/mol. The van der Waals surface area contributed by atoms with Crippen molar-refractivity contribution in [2.75, 3.05) is 0 Å². The quantitative estimate of drug-likeness (QED) is 0.468.